The fourth-order valence-corrected chi connectivity index (χ4v) is 5.68. The molecule has 0 saturated carbocycles. The lowest BCUT2D eigenvalue weighted by molar-refractivity contribution is -0.145. The van der Waals surface area contributed by atoms with Gasteiger partial charge < -0.3 is 30.9 Å². The molecule has 2 fully saturated rings. The molecule has 0 spiro atoms. The summed E-state index contributed by atoms with van der Waals surface area (Å²) in [6.07, 6.45) is -0.959. The summed E-state index contributed by atoms with van der Waals surface area (Å²) in [5.41, 5.74) is 1.54. The Bertz CT molecular complexity index is 1390. The number of nitrogens with one attached hydrogen (secondary N) is 3. The van der Waals surface area contributed by atoms with E-state index in [1.165, 1.54) is 0 Å². The van der Waals surface area contributed by atoms with Crippen LogP contribution in [0.5, 0.6) is 0 Å². The van der Waals surface area contributed by atoms with Crippen LogP contribution in [0.4, 0.5) is 29.6 Å². The minimum Gasteiger partial charge on any atom is -0.481 e. The number of rotatable bonds is 12. The molecule has 248 valence electrons. The van der Waals surface area contributed by atoms with Gasteiger partial charge in [0.2, 0.25) is 11.7 Å². The van der Waals surface area contributed by atoms with Crippen LogP contribution >= 0.6 is 0 Å². The number of piperidine rings is 2. The maximum Gasteiger partial charge on any atom is 0.451 e. The first-order chi connectivity index (χ1) is 22.0. The van der Waals surface area contributed by atoms with Crippen LogP contribution in [0, 0.1) is 23.2 Å². The van der Waals surface area contributed by atoms with Crippen LogP contribution in [0.1, 0.15) is 55.5 Å². The van der Waals surface area contributed by atoms with Gasteiger partial charge in [-0.25, -0.2) is 14.8 Å². The zero-order valence-corrected chi connectivity index (χ0v) is 25.5. The number of nitrogens with zero attached hydrogens (tertiary/aromatic N) is 5. The van der Waals surface area contributed by atoms with Gasteiger partial charge in [-0.2, -0.15) is 18.4 Å². The van der Waals surface area contributed by atoms with Crippen molar-refractivity contribution >= 4 is 29.5 Å². The quantitative estimate of drug-likeness (QED) is 0.271. The average Bonchev–Trinajstić information content (AvgIpc) is 3.04. The number of carbonyl (C=O) groups is 3. The van der Waals surface area contributed by atoms with Crippen molar-refractivity contribution in [2.24, 2.45) is 11.8 Å². The summed E-state index contributed by atoms with van der Waals surface area (Å²) in [6.45, 7) is 2.55. The monoisotopic (exact) mass is 644 g/mol. The molecule has 2 aliphatic rings. The van der Waals surface area contributed by atoms with Gasteiger partial charge in [-0.3, -0.25) is 9.59 Å². The van der Waals surface area contributed by atoms with Gasteiger partial charge in [0, 0.05) is 51.9 Å². The molecule has 1 atom stereocenters. The largest absolute Gasteiger partial charge is 0.481 e. The molecule has 1 aromatic heterocycles. The Morgan fingerprint density at radius 1 is 0.935 bits per heavy atom. The highest BCUT2D eigenvalue weighted by atomic mass is 19.4. The number of hydrogen-bond donors (Lipinski definition) is 4. The summed E-state index contributed by atoms with van der Waals surface area (Å²) >= 11 is 0. The summed E-state index contributed by atoms with van der Waals surface area (Å²) in [6, 6.07) is 10.3. The highest BCUT2D eigenvalue weighted by Crippen LogP contribution is 2.33. The summed E-state index contributed by atoms with van der Waals surface area (Å²) in [5.74, 6) is -2.16. The second-order valence-corrected chi connectivity index (χ2v) is 11.6. The van der Waals surface area contributed by atoms with Gasteiger partial charge in [0.05, 0.1) is 24.0 Å². The zero-order chi connectivity index (χ0) is 33.1. The SMILES string of the molecule is N#Cc1ccc(CCNC(=O)[C@@H]2CCCN(c3cc(N4CCC(CCNC(=O)NCCC(=O)O)CC4)nc(C(F)(F)F)n3)C2)cc1. The highest BCUT2D eigenvalue weighted by molar-refractivity contribution is 5.79. The number of aromatic nitrogens is 2. The third kappa shape index (κ3) is 10.2. The van der Waals surface area contributed by atoms with Gasteiger partial charge in [-0.1, -0.05) is 12.1 Å². The number of hydrogen-bond acceptors (Lipinski definition) is 8. The topological polar surface area (TPSA) is 164 Å². The van der Waals surface area contributed by atoms with Crippen LogP contribution in [0.25, 0.3) is 0 Å². The van der Waals surface area contributed by atoms with Crippen molar-refractivity contribution in [1.82, 2.24) is 25.9 Å². The molecule has 1 aromatic carbocycles. The predicted molar refractivity (Wildman–Crippen MR) is 163 cm³/mol. The van der Waals surface area contributed by atoms with Gasteiger partial charge in [0.15, 0.2) is 0 Å². The van der Waals surface area contributed by atoms with E-state index in [1.807, 2.05) is 17.0 Å². The molecular weight excluding hydrogens is 605 g/mol. The minimum absolute atomic E-state index is 0.0344. The Hall–Kier alpha value is -4.61. The third-order valence-corrected chi connectivity index (χ3v) is 8.27. The maximum absolute atomic E-state index is 13.9. The van der Waals surface area contributed by atoms with Crippen LogP contribution < -0.4 is 25.8 Å². The number of alkyl halides is 3. The number of aliphatic carboxylic acids is 1. The van der Waals surface area contributed by atoms with Crippen molar-refractivity contribution in [1.29, 1.82) is 5.26 Å². The highest BCUT2D eigenvalue weighted by Gasteiger charge is 2.37. The fourth-order valence-electron chi connectivity index (χ4n) is 5.68. The summed E-state index contributed by atoms with van der Waals surface area (Å²) < 4.78 is 41.6. The standard InChI is InChI=1S/C31H39F3N8O4/c32-31(33,34)29-39-25(41-16-10-22(11-17-41)8-13-37-30(46)38-14-9-27(43)44)18-26(40-29)42-15-1-2-24(20-42)28(45)36-12-7-21-3-5-23(19-35)6-4-21/h3-6,18,22,24H,1-2,7-17,20H2,(H,36,45)(H,43,44)(H2,37,38,46)/t24-/m1/s1. The summed E-state index contributed by atoms with van der Waals surface area (Å²) in [4.78, 5) is 46.6. The zero-order valence-electron chi connectivity index (χ0n) is 25.5. The van der Waals surface area contributed by atoms with Gasteiger partial charge >= 0.3 is 18.2 Å². The number of benzene rings is 1. The van der Waals surface area contributed by atoms with Crippen molar-refractivity contribution in [3.05, 3.63) is 47.3 Å². The first-order valence-electron chi connectivity index (χ1n) is 15.5. The van der Waals surface area contributed by atoms with Crippen molar-refractivity contribution in [2.45, 2.75) is 51.1 Å². The molecule has 4 N–H and O–H groups in total. The molecule has 2 saturated heterocycles. The normalized spacial score (nSPS) is 17.2. The Morgan fingerprint density at radius 3 is 2.26 bits per heavy atom. The molecule has 12 nitrogen and oxygen atoms in total. The van der Waals surface area contributed by atoms with Gasteiger partial charge in [-0.15, -0.1) is 0 Å². The van der Waals surface area contributed by atoms with Gasteiger partial charge in [-0.05, 0) is 62.1 Å². The van der Waals surface area contributed by atoms with E-state index < -0.39 is 29.9 Å². The summed E-state index contributed by atoms with van der Waals surface area (Å²) in [5, 5.41) is 25.7. The first kappa shape index (κ1) is 34.3. The lowest BCUT2D eigenvalue weighted by Gasteiger charge is -2.35. The van der Waals surface area contributed by atoms with Crippen LogP contribution in [0.2, 0.25) is 0 Å². The molecule has 0 aliphatic carbocycles. The van der Waals surface area contributed by atoms with E-state index in [9.17, 15) is 27.6 Å². The van der Waals surface area contributed by atoms with E-state index in [0.717, 1.165) is 5.56 Å². The summed E-state index contributed by atoms with van der Waals surface area (Å²) in [7, 11) is 0. The van der Waals surface area contributed by atoms with Crippen LogP contribution in [0.3, 0.4) is 0 Å². The lowest BCUT2D eigenvalue weighted by atomic mass is 9.93. The number of carbonyl (C=O) groups excluding carboxylic acids is 2. The Kier molecular flexibility index (Phi) is 12.0. The second-order valence-electron chi connectivity index (χ2n) is 11.6. The Morgan fingerprint density at radius 2 is 1.61 bits per heavy atom. The molecule has 3 amide bonds. The first-order valence-corrected chi connectivity index (χ1v) is 15.5. The number of urea groups is 1. The third-order valence-electron chi connectivity index (χ3n) is 8.27. The van der Waals surface area contributed by atoms with Gasteiger partial charge in [0.25, 0.3) is 0 Å². The number of carboxylic acids is 1. The number of nitriles is 1. The van der Waals surface area contributed by atoms with Crippen molar-refractivity contribution in [2.75, 3.05) is 55.6 Å². The Balaban J connectivity index is 1.31. The molecule has 15 heteroatoms. The van der Waals surface area contributed by atoms with E-state index in [0.29, 0.717) is 76.8 Å². The lowest BCUT2D eigenvalue weighted by Crippen LogP contribution is -2.44. The Labute approximate surface area is 265 Å². The molecule has 2 aliphatic heterocycles. The fraction of sp³-hybridized carbons (Fsp3) is 0.548. The maximum atomic E-state index is 13.9. The molecule has 0 bridgehead atoms. The second kappa shape index (κ2) is 16.1. The van der Waals surface area contributed by atoms with E-state index in [1.54, 1.807) is 23.1 Å². The van der Waals surface area contributed by atoms with Crippen molar-refractivity contribution in [3.8, 4) is 6.07 Å². The average molecular weight is 645 g/mol. The molecule has 0 unspecified atom stereocenters. The molecule has 0 radical (unpaired) electrons. The van der Waals surface area contributed by atoms with Crippen LogP contribution in [0.15, 0.2) is 30.3 Å². The van der Waals surface area contributed by atoms with E-state index >= 15 is 0 Å². The smallest absolute Gasteiger partial charge is 0.451 e. The number of amides is 3. The van der Waals surface area contributed by atoms with E-state index in [-0.39, 0.29) is 43.0 Å². The minimum atomic E-state index is -4.74. The molecule has 2 aromatic rings. The van der Waals surface area contributed by atoms with Crippen molar-refractivity contribution < 1.29 is 32.7 Å². The van der Waals surface area contributed by atoms with Crippen LogP contribution in [-0.2, 0) is 22.2 Å². The van der Waals surface area contributed by atoms with Gasteiger partial charge in [0.1, 0.15) is 11.6 Å². The molecule has 3 heterocycles. The molecule has 46 heavy (non-hydrogen) atoms. The van der Waals surface area contributed by atoms with Crippen molar-refractivity contribution in [3.63, 3.8) is 0 Å². The number of carboxylic acid groups (broad SMARTS) is 1. The van der Waals surface area contributed by atoms with E-state index in [4.69, 9.17) is 10.4 Å². The number of halogens is 3. The molecule has 4 rings (SSSR count). The van der Waals surface area contributed by atoms with E-state index in [2.05, 4.69) is 32.0 Å². The predicted octanol–water partition coefficient (Wildman–Crippen LogP) is 3.32. The van der Waals surface area contributed by atoms with Crippen LogP contribution in [-0.4, -0.2) is 78.8 Å². The number of anilines is 2. The molecular formula is C31H39F3N8O4.